The molecule has 4 heteroatoms. The van der Waals surface area contributed by atoms with Gasteiger partial charge < -0.3 is 10.3 Å². The fraction of sp³-hybridized carbons (Fsp3) is 0.125. The van der Waals surface area contributed by atoms with Gasteiger partial charge in [0.15, 0.2) is 11.6 Å². The van der Waals surface area contributed by atoms with Gasteiger partial charge in [0, 0.05) is 23.8 Å². The SMILES string of the molecule is NCc1ccc2ccn(Cc3cccc(F)c3F)c2c1. The van der Waals surface area contributed by atoms with Gasteiger partial charge in [0.25, 0.3) is 0 Å². The molecule has 0 amide bonds. The lowest BCUT2D eigenvalue weighted by atomic mass is 10.1. The monoisotopic (exact) mass is 272 g/mol. The lowest BCUT2D eigenvalue weighted by molar-refractivity contribution is 0.496. The van der Waals surface area contributed by atoms with Gasteiger partial charge in [0.05, 0.1) is 6.54 Å². The third-order valence-electron chi connectivity index (χ3n) is 3.45. The zero-order valence-electron chi connectivity index (χ0n) is 10.8. The van der Waals surface area contributed by atoms with Crippen LogP contribution < -0.4 is 5.73 Å². The van der Waals surface area contributed by atoms with Gasteiger partial charge >= 0.3 is 0 Å². The molecule has 0 saturated heterocycles. The van der Waals surface area contributed by atoms with Crippen LogP contribution in [0.1, 0.15) is 11.1 Å². The van der Waals surface area contributed by atoms with E-state index in [4.69, 9.17) is 5.73 Å². The molecule has 3 aromatic rings. The van der Waals surface area contributed by atoms with Crippen molar-refractivity contribution < 1.29 is 8.78 Å². The Morgan fingerprint density at radius 2 is 1.90 bits per heavy atom. The van der Waals surface area contributed by atoms with Gasteiger partial charge in [-0.05, 0) is 29.1 Å². The summed E-state index contributed by atoms with van der Waals surface area (Å²) in [6, 6.07) is 12.1. The molecule has 0 fully saturated rings. The summed E-state index contributed by atoms with van der Waals surface area (Å²) in [6.45, 7) is 0.747. The summed E-state index contributed by atoms with van der Waals surface area (Å²) in [7, 11) is 0. The summed E-state index contributed by atoms with van der Waals surface area (Å²) in [6.07, 6.45) is 1.87. The summed E-state index contributed by atoms with van der Waals surface area (Å²) in [4.78, 5) is 0. The van der Waals surface area contributed by atoms with Gasteiger partial charge in [-0.3, -0.25) is 0 Å². The Morgan fingerprint density at radius 1 is 1.05 bits per heavy atom. The average molecular weight is 272 g/mol. The van der Waals surface area contributed by atoms with Crippen molar-refractivity contribution >= 4 is 10.9 Å². The first kappa shape index (κ1) is 12.8. The van der Waals surface area contributed by atoms with E-state index in [9.17, 15) is 8.78 Å². The lowest BCUT2D eigenvalue weighted by Gasteiger charge is -2.08. The average Bonchev–Trinajstić information content (AvgIpc) is 2.86. The maximum Gasteiger partial charge on any atom is 0.163 e. The predicted octanol–water partition coefficient (Wildman–Crippen LogP) is 3.43. The lowest BCUT2D eigenvalue weighted by Crippen LogP contribution is -2.03. The molecular formula is C16H14F2N2. The Balaban J connectivity index is 2.04. The fourth-order valence-corrected chi connectivity index (χ4v) is 2.35. The molecule has 2 aromatic carbocycles. The predicted molar refractivity (Wildman–Crippen MR) is 75.3 cm³/mol. The highest BCUT2D eigenvalue weighted by atomic mass is 19.2. The van der Waals surface area contributed by atoms with Crippen LogP contribution in [0.4, 0.5) is 8.78 Å². The molecule has 1 aromatic heterocycles. The summed E-state index contributed by atoms with van der Waals surface area (Å²) in [5.74, 6) is -1.61. The van der Waals surface area contributed by atoms with E-state index in [2.05, 4.69) is 0 Å². The van der Waals surface area contributed by atoms with Crippen molar-refractivity contribution in [2.45, 2.75) is 13.1 Å². The molecule has 0 aliphatic heterocycles. The molecule has 2 nitrogen and oxygen atoms in total. The van der Waals surface area contributed by atoms with Crippen LogP contribution in [0, 0.1) is 11.6 Å². The number of hydrogen-bond acceptors (Lipinski definition) is 1. The second-order valence-electron chi connectivity index (χ2n) is 4.75. The molecule has 0 aliphatic rings. The molecule has 0 bridgehead atoms. The van der Waals surface area contributed by atoms with Gasteiger partial charge in [-0.1, -0.05) is 24.3 Å². The van der Waals surface area contributed by atoms with Crippen LogP contribution in [0.15, 0.2) is 48.7 Å². The minimum atomic E-state index is -0.818. The first-order valence-electron chi connectivity index (χ1n) is 6.40. The second-order valence-corrected chi connectivity index (χ2v) is 4.75. The maximum absolute atomic E-state index is 13.7. The second kappa shape index (κ2) is 5.06. The van der Waals surface area contributed by atoms with Crippen molar-refractivity contribution in [1.29, 1.82) is 0 Å². The largest absolute Gasteiger partial charge is 0.343 e. The molecule has 0 unspecified atom stereocenters. The molecule has 0 radical (unpaired) electrons. The van der Waals surface area contributed by atoms with E-state index in [-0.39, 0.29) is 0 Å². The zero-order chi connectivity index (χ0) is 14.1. The summed E-state index contributed by atoms with van der Waals surface area (Å²) in [5.41, 5.74) is 7.95. The number of benzene rings is 2. The number of rotatable bonds is 3. The van der Waals surface area contributed by atoms with Crippen molar-refractivity contribution in [3.05, 3.63) is 71.4 Å². The van der Waals surface area contributed by atoms with Crippen molar-refractivity contribution in [3.8, 4) is 0 Å². The zero-order valence-corrected chi connectivity index (χ0v) is 10.8. The van der Waals surface area contributed by atoms with Gasteiger partial charge in [-0.25, -0.2) is 8.78 Å². The molecule has 0 saturated carbocycles. The number of hydrogen-bond donors (Lipinski definition) is 1. The van der Waals surface area contributed by atoms with Crippen LogP contribution in [0.3, 0.4) is 0 Å². The van der Waals surface area contributed by atoms with Crippen LogP contribution in [-0.2, 0) is 13.1 Å². The van der Waals surface area contributed by atoms with Gasteiger partial charge in [-0.2, -0.15) is 0 Å². The summed E-state index contributed by atoms with van der Waals surface area (Å²) in [5, 5.41) is 1.05. The highest BCUT2D eigenvalue weighted by molar-refractivity contribution is 5.80. The Labute approximate surface area is 115 Å². The minimum Gasteiger partial charge on any atom is -0.343 e. The van der Waals surface area contributed by atoms with E-state index in [1.54, 1.807) is 6.07 Å². The Morgan fingerprint density at radius 3 is 2.70 bits per heavy atom. The highest BCUT2D eigenvalue weighted by Crippen LogP contribution is 2.20. The third-order valence-corrected chi connectivity index (χ3v) is 3.45. The molecule has 0 aliphatic carbocycles. The Kier molecular flexibility index (Phi) is 3.24. The molecule has 1 heterocycles. The van der Waals surface area contributed by atoms with Crippen LogP contribution in [-0.4, -0.2) is 4.57 Å². The number of nitrogens with two attached hydrogens (primary N) is 1. The normalized spacial score (nSPS) is 11.2. The standard InChI is InChI=1S/C16H14F2N2/c17-14-3-1-2-13(16(14)18)10-20-7-6-12-5-4-11(9-19)8-15(12)20/h1-8H,9-10,19H2. The van der Waals surface area contributed by atoms with Crippen LogP contribution in [0.2, 0.25) is 0 Å². The third kappa shape index (κ3) is 2.18. The van der Waals surface area contributed by atoms with Crippen molar-refractivity contribution in [1.82, 2.24) is 4.57 Å². The molecule has 2 N–H and O–H groups in total. The molecule has 20 heavy (non-hydrogen) atoms. The molecule has 0 spiro atoms. The first-order valence-corrected chi connectivity index (χ1v) is 6.40. The van der Waals surface area contributed by atoms with Crippen molar-refractivity contribution in [2.75, 3.05) is 0 Å². The minimum absolute atomic E-state index is 0.293. The maximum atomic E-state index is 13.7. The van der Waals surface area contributed by atoms with E-state index in [0.717, 1.165) is 22.5 Å². The first-order chi connectivity index (χ1) is 9.69. The number of fused-ring (bicyclic) bond motifs is 1. The number of halogens is 2. The quantitative estimate of drug-likeness (QED) is 0.778. The van der Waals surface area contributed by atoms with Crippen LogP contribution in [0.5, 0.6) is 0 Å². The summed E-state index contributed by atoms with van der Waals surface area (Å²) < 4.78 is 28.9. The van der Waals surface area contributed by atoms with E-state index in [1.807, 2.05) is 35.0 Å². The van der Waals surface area contributed by atoms with Crippen molar-refractivity contribution in [2.24, 2.45) is 5.73 Å². The number of aromatic nitrogens is 1. The van der Waals surface area contributed by atoms with E-state index >= 15 is 0 Å². The highest BCUT2D eigenvalue weighted by Gasteiger charge is 2.09. The Bertz CT molecular complexity index is 762. The van der Waals surface area contributed by atoms with E-state index < -0.39 is 11.6 Å². The van der Waals surface area contributed by atoms with Gasteiger partial charge in [-0.15, -0.1) is 0 Å². The molecule has 102 valence electrons. The van der Waals surface area contributed by atoms with E-state index in [0.29, 0.717) is 18.7 Å². The molecule has 0 atom stereocenters. The topological polar surface area (TPSA) is 30.9 Å². The Hall–Kier alpha value is -2.20. The van der Waals surface area contributed by atoms with Crippen LogP contribution in [0.25, 0.3) is 10.9 Å². The van der Waals surface area contributed by atoms with Gasteiger partial charge in [0.2, 0.25) is 0 Å². The number of nitrogens with zero attached hydrogens (tertiary/aromatic N) is 1. The van der Waals surface area contributed by atoms with Gasteiger partial charge in [0.1, 0.15) is 0 Å². The fourth-order valence-electron chi connectivity index (χ4n) is 2.35. The smallest absolute Gasteiger partial charge is 0.163 e. The molecular weight excluding hydrogens is 258 g/mol. The van der Waals surface area contributed by atoms with E-state index in [1.165, 1.54) is 6.07 Å². The van der Waals surface area contributed by atoms with Crippen LogP contribution >= 0.6 is 0 Å². The molecule has 3 rings (SSSR count). The van der Waals surface area contributed by atoms with Crippen molar-refractivity contribution in [3.63, 3.8) is 0 Å². The summed E-state index contributed by atoms with van der Waals surface area (Å²) >= 11 is 0.